The molecule has 0 unspecified atom stereocenters. The summed E-state index contributed by atoms with van der Waals surface area (Å²) in [6.45, 7) is 3.64. The fourth-order valence-corrected chi connectivity index (χ4v) is 3.34. The Morgan fingerprint density at radius 1 is 1.44 bits per heavy atom. The van der Waals surface area contributed by atoms with Crippen molar-refractivity contribution in [3.63, 3.8) is 0 Å². The van der Waals surface area contributed by atoms with Crippen molar-refractivity contribution in [1.29, 1.82) is 0 Å². The standard InChI is InChI=1S/C14H16O4/c1-13-5-3-6-14(2,16)10(13)12(15)18-11(13)9-4-7-17-8-9/h3-5,7-8,10-11,16H,6H2,1-2H3/t10-,11+,13-,14+/m1/s1. The normalized spacial score (nSPS) is 42.7. The van der Waals surface area contributed by atoms with Gasteiger partial charge in [0.25, 0.3) is 0 Å². The van der Waals surface area contributed by atoms with Gasteiger partial charge < -0.3 is 14.3 Å². The van der Waals surface area contributed by atoms with E-state index in [2.05, 4.69) is 0 Å². The van der Waals surface area contributed by atoms with Crippen molar-refractivity contribution in [2.75, 3.05) is 0 Å². The molecular weight excluding hydrogens is 232 g/mol. The van der Waals surface area contributed by atoms with Gasteiger partial charge in [0, 0.05) is 11.0 Å². The Hall–Kier alpha value is -1.55. The van der Waals surface area contributed by atoms with Crippen LogP contribution in [0.25, 0.3) is 0 Å². The lowest BCUT2D eigenvalue weighted by atomic mass is 9.63. The molecule has 1 fully saturated rings. The lowest BCUT2D eigenvalue weighted by Gasteiger charge is -2.40. The Balaban J connectivity index is 2.09. The van der Waals surface area contributed by atoms with Gasteiger partial charge in [-0.05, 0) is 19.4 Å². The SMILES string of the molecule is C[C@@]12C=CC[C@](C)(O)[C@@H]1C(=O)O[C@H]2c1ccoc1. The van der Waals surface area contributed by atoms with Crippen LogP contribution in [-0.4, -0.2) is 16.7 Å². The molecule has 0 bridgehead atoms. The summed E-state index contributed by atoms with van der Waals surface area (Å²) in [6, 6.07) is 1.79. The van der Waals surface area contributed by atoms with Crippen LogP contribution in [-0.2, 0) is 9.53 Å². The fraction of sp³-hybridized carbons (Fsp3) is 0.500. The molecule has 0 aromatic carbocycles. The molecule has 18 heavy (non-hydrogen) atoms. The molecule has 1 N–H and O–H groups in total. The van der Waals surface area contributed by atoms with Crippen LogP contribution in [0.5, 0.6) is 0 Å². The monoisotopic (exact) mass is 248 g/mol. The van der Waals surface area contributed by atoms with Gasteiger partial charge >= 0.3 is 5.97 Å². The number of rotatable bonds is 1. The van der Waals surface area contributed by atoms with E-state index in [9.17, 15) is 9.90 Å². The van der Waals surface area contributed by atoms with Crippen LogP contribution in [0.15, 0.2) is 35.2 Å². The van der Waals surface area contributed by atoms with Gasteiger partial charge in [-0.2, -0.15) is 0 Å². The summed E-state index contributed by atoms with van der Waals surface area (Å²) in [7, 11) is 0. The largest absolute Gasteiger partial charge is 0.472 e. The molecule has 96 valence electrons. The van der Waals surface area contributed by atoms with E-state index in [4.69, 9.17) is 9.15 Å². The van der Waals surface area contributed by atoms with Gasteiger partial charge in [-0.3, -0.25) is 4.79 Å². The summed E-state index contributed by atoms with van der Waals surface area (Å²) in [4.78, 5) is 12.1. The molecule has 1 aliphatic carbocycles. The predicted octanol–water partition coefficient (Wildman–Crippen LogP) is 2.21. The third-order valence-electron chi connectivity index (χ3n) is 4.13. The molecule has 0 amide bonds. The first-order valence-corrected chi connectivity index (χ1v) is 6.08. The van der Waals surface area contributed by atoms with Gasteiger partial charge in [0.1, 0.15) is 6.10 Å². The van der Waals surface area contributed by atoms with Gasteiger partial charge in [0.2, 0.25) is 0 Å². The van der Waals surface area contributed by atoms with Crippen molar-refractivity contribution in [2.24, 2.45) is 11.3 Å². The van der Waals surface area contributed by atoms with Crippen molar-refractivity contribution in [1.82, 2.24) is 0 Å². The topological polar surface area (TPSA) is 59.7 Å². The number of furan rings is 1. The van der Waals surface area contributed by atoms with E-state index < -0.39 is 23.0 Å². The van der Waals surface area contributed by atoms with Crippen molar-refractivity contribution in [3.8, 4) is 0 Å². The maximum atomic E-state index is 12.1. The van der Waals surface area contributed by atoms with Crippen molar-refractivity contribution < 1.29 is 19.1 Å². The highest BCUT2D eigenvalue weighted by atomic mass is 16.6. The summed E-state index contributed by atoms with van der Waals surface area (Å²) < 4.78 is 10.5. The van der Waals surface area contributed by atoms with Crippen LogP contribution < -0.4 is 0 Å². The van der Waals surface area contributed by atoms with E-state index in [1.807, 2.05) is 19.1 Å². The van der Waals surface area contributed by atoms with Gasteiger partial charge in [0.05, 0.1) is 24.0 Å². The zero-order valence-corrected chi connectivity index (χ0v) is 10.4. The second kappa shape index (κ2) is 3.48. The minimum Gasteiger partial charge on any atom is -0.472 e. The maximum Gasteiger partial charge on any atom is 0.313 e. The smallest absolute Gasteiger partial charge is 0.313 e. The van der Waals surface area contributed by atoms with E-state index in [0.717, 1.165) is 5.56 Å². The molecule has 0 saturated carbocycles. The molecule has 1 aromatic rings. The summed E-state index contributed by atoms with van der Waals surface area (Å²) in [5.41, 5.74) is -0.752. The van der Waals surface area contributed by atoms with Gasteiger partial charge in [-0.25, -0.2) is 0 Å². The molecule has 0 radical (unpaired) electrons. The Bertz CT molecular complexity index is 500. The van der Waals surface area contributed by atoms with Crippen molar-refractivity contribution >= 4 is 5.97 Å². The number of ether oxygens (including phenoxy) is 1. The molecule has 2 aliphatic rings. The first-order valence-electron chi connectivity index (χ1n) is 6.08. The average molecular weight is 248 g/mol. The third-order valence-corrected chi connectivity index (χ3v) is 4.13. The van der Waals surface area contributed by atoms with Crippen LogP contribution in [0.3, 0.4) is 0 Å². The van der Waals surface area contributed by atoms with Gasteiger partial charge in [-0.15, -0.1) is 0 Å². The Morgan fingerprint density at radius 3 is 2.89 bits per heavy atom. The lowest BCUT2D eigenvalue weighted by Crippen LogP contribution is -2.47. The highest BCUT2D eigenvalue weighted by Gasteiger charge is 2.61. The quantitative estimate of drug-likeness (QED) is 0.611. The second-order valence-electron chi connectivity index (χ2n) is 5.64. The van der Waals surface area contributed by atoms with E-state index in [1.165, 1.54) is 0 Å². The highest BCUT2D eigenvalue weighted by molar-refractivity contribution is 5.79. The number of hydrogen-bond acceptors (Lipinski definition) is 4. The van der Waals surface area contributed by atoms with Gasteiger partial charge in [-0.1, -0.05) is 19.1 Å². The third kappa shape index (κ3) is 1.38. The summed E-state index contributed by atoms with van der Waals surface area (Å²) >= 11 is 0. The van der Waals surface area contributed by atoms with Crippen LogP contribution in [0.1, 0.15) is 31.9 Å². The maximum absolute atomic E-state index is 12.1. The first kappa shape index (κ1) is 11.5. The number of fused-ring (bicyclic) bond motifs is 1. The number of aliphatic hydroxyl groups is 1. The second-order valence-corrected chi connectivity index (χ2v) is 5.64. The summed E-state index contributed by atoms with van der Waals surface area (Å²) in [5.74, 6) is -0.868. The first-order chi connectivity index (χ1) is 8.45. The number of carbonyl (C=O) groups excluding carboxylic acids is 1. The summed E-state index contributed by atoms with van der Waals surface area (Å²) in [6.07, 6.45) is 7.13. The molecule has 1 aliphatic heterocycles. The molecule has 2 heterocycles. The number of hydrogen-bond donors (Lipinski definition) is 1. The fourth-order valence-electron chi connectivity index (χ4n) is 3.34. The lowest BCUT2D eigenvalue weighted by molar-refractivity contribution is -0.150. The molecule has 4 atom stereocenters. The zero-order valence-electron chi connectivity index (χ0n) is 10.4. The Morgan fingerprint density at radius 2 is 2.22 bits per heavy atom. The summed E-state index contributed by atoms with van der Waals surface area (Å²) in [5, 5.41) is 10.4. The Labute approximate surface area is 105 Å². The minimum atomic E-state index is -1.06. The highest BCUT2D eigenvalue weighted by Crippen LogP contribution is 2.56. The molecular formula is C14H16O4. The van der Waals surface area contributed by atoms with Crippen molar-refractivity contribution in [3.05, 3.63) is 36.3 Å². The van der Waals surface area contributed by atoms with Crippen LogP contribution >= 0.6 is 0 Å². The van der Waals surface area contributed by atoms with E-state index in [0.29, 0.717) is 6.42 Å². The van der Waals surface area contributed by atoms with E-state index in [1.54, 1.807) is 25.5 Å². The average Bonchev–Trinajstić information content (AvgIpc) is 2.84. The molecule has 4 heteroatoms. The molecule has 1 aromatic heterocycles. The van der Waals surface area contributed by atoms with Crippen LogP contribution in [0.4, 0.5) is 0 Å². The zero-order chi connectivity index (χ0) is 13.0. The van der Waals surface area contributed by atoms with Crippen LogP contribution in [0.2, 0.25) is 0 Å². The minimum absolute atomic E-state index is 0.335. The molecule has 1 saturated heterocycles. The number of esters is 1. The van der Waals surface area contributed by atoms with Gasteiger partial charge in [0.15, 0.2) is 0 Å². The predicted molar refractivity (Wildman–Crippen MR) is 63.5 cm³/mol. The van der Waals surface area contributed by atoms with E-state index in [-0.39, 0.29) is 5.97 Å². The Kier molecular flexibility index (Phi) is 2.23. The number of cyclic esters (lactones) is 1. The molecule has 3 rings (SSSR count). The number of carbonyl (C=O) groups is 1. The van der Waals surface area contributed by atoms with Crippen molar-refractivity contribution in [2.45, 2.75) is 32.0 Å². The van der Waals surface area contributed by atoms with E-state index >= 15 is 0 Å². The molecule has 4 nitrogen and oxygen atoms in total. The molecule has 0 spiro atoms. The van der Waals surface area contributed by atoms with Crippen LogP contribution in [0, 0.1) is 11.3 Å².